The molecule has 18 heavy (non-hydrogen) atoms. The van der Waals surface area contributed by atoms with Gasteiger partial charge in [-0.15, -0.1) is 0 Å². The fourth-order valence-corrected chi connectivity index (χ4v) is 1.95. The summed E-state index contributed by atoms with van der Waals surface area (Å²) < 4.78 is 1.58. The van der Waals surface area contributed by atoms with Crippen molar-refractivity contribution in [3.8, 4) is 5.95 Å². The lowest BCUT2D eigenvalue weighted by molar-refractivity contribution is 0.397. The van der Waals surface area contributed by atoms with Gasteiger partial charge in [0.05, 0.1) is 0 Å². The maximum atomic E-state index is 5.73. The third kappa shape index (κ3) is 1.87. The van der Waals surface area contributed by atoms with Crippen LogP contribution in [-0.4, -0.2) is 37.8 Å². The van der Waals surface area contributed by atoms with Gasteiger partial charge >= 0.3 is 0 Å². The van der Waals surface area contributed by atoms with E-state index in [0.29, 0.717) is 17.9 Å². The summed E-state index contributed by atoms with van der Waals surface area (Å²) in [6.45, 7) is 0. The molecule has 7 nitrogen and oxygen atoms in total. The Morgan fingerprint density at radius 2 is 2.17 bits per heavy atom. The van der Waals surface area contributed by atoms with Crippen molar-refractivity contribution in [3.05, 3.63) is 18.5 Å². The zero-order valence-electron chi connectivity index (χ0n) is 10.2. The zero-order chi connectivity index (χ0) is 12.5. The fourth-order valence-electron chi connectivity index (χ4n) is 1.95. The van der Waals surface area contributed by atoms with Crippen LogP contribution >= 0.6 is 0 Å². The molecule has 94 valence electrons. The predicted molar refractivity (Wildman–Crippen MR) is 67.4 cm³/mol. The van der Waals surface area contributed by atoms with E-state index in [-0.39, 0.29) is 5.95 Å². The lowest BCUT2D eigenvalue weighted by Crippen LogP contribution is -2.38. The Morgan fingerprint density at radius 3 is 2.78 bits per heavy atom. The first kappa shape index (κ1) is 10.9. The van der Waals surface area contributed by atoms with E-state index < -0.39 is 0 Å². The van der Waals surface area contributed by atoms with Gasteiger partial charge in [-0.05, 0) is 25.3 Å². The highest BCUT2D eigenvalue weighted by Crippen LogP contribution is 2.26. The van der Waals surface area contributed by atoms with Gasteiger partial charge in [-0.25, -0.2) is 4.68 Å². The summed E-state index contributed by atoms with van der Waals surface area (Å²) in [7, 11) is 1.99. The molecular formula is C11H15N7. The van der Waals surface area contributed by atoms with Crippen LogP contribution in [0.3, 0.4) is 0 Å². The number of nitrogens with zero attached hydrogens (tertiary/aromatic N) is 6. The largest absolute Gasteiger partial charge is 0.368 e. The Bertz CT molecular complexity index is 532. The van der Waals surface area contributed by atoms with Crippen LogP contribution in [0.1, 0.15) is 19.3 Å². The highest BCUT2D eigenvalue weighted by molar-refractivity contribution is 5.38. The van der Waals surface area contributed by atoms with Gasteiger partial charge in [-0.3, -0.25) is 0 Å². The highest BCUT2D eigenvalue weighted by atomic mass is 15.4. The molecule has 0 spiro atoms. The van der Waals surface area contributed by atoms with E-state index in [2.05, 4.69) is 25.0 Å². The van der Waals surface area contributed by atoms with Crippen LogP contribution in [0.5, 0.6) is 0 Å². The molecule has 2 N–H and O–H groups in total. The molecule has 1 saturated carbocycles. The van der Waals surface area contributed by atoms with Gasteiger partial charge < -0.3 is 10.6 Å². The van der Waals surface area contributed by atoms with E-state index in [4.69, 9.17) is 5.73 Å². The van der Waals surface area contributed by atoms with E-state index in [9.17, 15) is 0 Å². The number of rotatable bonds is 3. The molecule has 7 heteroatoms. The van der Waals surface area contributed by atoms with Crippen LogP contribution in [0, 0.1) is 0 Å². The summed E-state index contributed by atoms with van der Waals surface area (Å²) in [6, 6.07) is 2.33. The maximum absolute atomic E-state index is 5.73. The van der Waals surface area contributed by atoms with Crippen molar-refractivity contribution in [2.75, 3.05) is 17.7 Å². The lowest BCUT2D eigenvalue weighted by Gasteiger charge is -2.34. The van der Waals surface area contributed by atoms with E-state index in [1.165, 1.54) is 19.3 Å². The van der Waals surface area contributed by atoms with Crippen molar-refractivity contribution in [1.29, 1.82) is 0 Å². The standard InChI is InChI=1S/C11H15N7/c1-17(8-4-2-5-8)10-14-9(12)15-11(16-10)18-7-3-6-13-18/h3,6-8H,2,4-5H2,1H3,(H2,12,14,15,16). The van der Waals surface area contributed by atoms with E-state index >= 15 is 0 Å². The minimum Gasteiger partial charge on any atom is -0.368 e. The molecule has 2 aromatic heterocycles. The Kier molecular flexibility index (Phi) is 2.58. The van der Waals surface area contributed by atoms with Crippen LogP contribution in [0.2, 0.25) is 0 Å². The summed E-state index contributed by atoms with van der Waals surface area (Å²) in [5.41, 5.74) is 5.73. The normalized spacial score (nSPS) is 15.4. The van der Waals surface area contributed by atoms with Crippen molar-refractivity contribution in [2.45, 2.75) is 25.3 Å². The Morgan fingerprint density at radius 1 is 1.33 bits per heavy atom. The molecule has 0 unspecified atom stereocenters. The summed E-state index contributed by atoms with van der Waals surface area (Å²) in [6.07, 6.45) is 7.08. The number of nitrogens with two attached hydrogens (primary N) is 1. The average Bonchev–Trinajstić information content (AvgIpc) is 2.79. The van der Waals surface area contributed by atoms with Crippen LogP contribution in [-0.2, 0) is 0 Å². The molecule has 0 radical (unpaired) electrons. The van der Waals surface area contributed by atoms with E-state index in [1.54, 1.807) is 17.1 Å². The molecule has 0 bridgehead atoms. The zero-order valence-corrected chi connectivity index (χ0v) is 10.2. The van der Waals surface area contributed by atoms with Crippen molar-refractivity contribution in [2.24, 2.45) is 0 Å². The molecule has 1 aliphatic carbocycles. The minimum atomic E-state index is 0.219. The Balaban J connectivity index is 1.95. The SMILES string of the molecule is CN(c1nc(N)nc(-n2cccn2)n1)C1CCC1. The fraction of sp³-hybridized carbons (Fsp3) is 0.455. The Hall–Kier alpha value is -2.18. The lowest BCUT2D eigenvalue weighted by atomic mass is 9.92. The molecule has 2 heterocycles. The van der Waals surface area contributed by atoms with Crippen LogP contribution in [0.4, 0.5) is 11.9 Å². The van der Waals surface area contributed by atoms with Gasteiger partial charge in [0.15, 0.2) is 0 Å². The molecule has 2 aromatic rings. The molecule has 0 aromatic carbocycles. The van der Waals surface area contributed by atoms with Gasteiger partial charge in [0.1, 0.15) is 0 Å². The van der Waals surface area contributed by atoms with Gasteiger partial charge in [0.2, 0.25) is 11.9 Å². The molecule has 3 rings (SSSR count). The number of hydrogen-bond acceptors (Lipinski definition) is 6. The van der Waals surface area contributed by atoms with Crippen LogP contribution in [0.15, 0.2) is 18.5 Å². The first-order valence-electron chi connectivity index (χ1n) is 5.98. The van der Waals surface area contributed by atoms with Gasteiger partial charge in [0, 0.05) is 25.5 Å². The first-order chi connectivity index (χ1) is 8.74. The number of aromatic nitrogens is 5. The number of anilines is 2. The number of hydrogen-bond donors (Lipinski definition) is 1. The van der Waals surface area contributed by atoms with Crippen LogP contribution < -0.4 is 10.6 Å². The highest BCUT2D eigenvalue weighted by Gasteiger charge is 2.24. The molecule has 0 saturated heterocycles. The molecular weight excluding hydrogens is 230 g/mol. The van der Waals surface area contributed by atoms with Gasteiger partial charge in [-0.2, -0.15) is 20.1 Å². The topological polar surface area (TPSA) is 85.8 Å². The van der Waals surface area contributed by atoms with Crippen molar-refractivity contribution in [3.63, 3.8) is 0 Å². The summed E-state index contributed by atoms with van der Waals surface area (Å²) >= 11 is 0. The predicted octanol–water partition coefficient (Wildman–Crippen LogP) is 0.628. The summed E-state index contributed by atoms with van der Waals surface area (Å²) in [5, 5.41) is 4.10. The van der Waals surface area contributed by atoms with E-state index in [0.717, 1.165) is 0 Å². The summed E-state index contributed by atoms with van der Waals surface area (Å²) in [4.78, 5) is 14.7. The van der Waals surface area contributed by atoms with Crippen molar-refractivity contribution in [1.82, 2.24) is 24.7 Å². The maximum Gasteiger partial charge on any atom is 0.257 e. The molecule has 0 amide bonds. The number of nitrogen functional groups attached to an aromatic ring is 1. The van der Waals surface area contributed by atoms with Crippen LogP contribution in [0.25, 0.3) is 5.95 Å². The third-order valence-corrected chi connectivity index (χ3v) is 3.28. The monoisotopic (exact) mass is 245 g/mol. The van der Waals surface area contributed by atoms with Gasteiger partial charge in [-0.1, -0.05) is 0 Å². The Labute approximate surface area is 105 Å². The molecule has 0 aliphatic heterocycles. The summed E-state index contributed by atoms with van der Waals surface area (Å²) in [5.74, 6) is 1.28. The molecule has 1 aliphatic rings. The second kappa shape index (κ2) is 4.25. The molecule has 0 atom stereocenters. The third-order valence-electron chi connectivity index (χ3n) is 3.28. The smallest absolute Gasteiger partial charge is 0.257 e. The second-order valence-electron chi connectivity index (χ2n) is 4.44. The quantitative estimate of drug-likeness (QED) is 0.853. The van der Waals surface area contributed by atoms with Crippen molar-refractivity contribution < 1.29 is 0 Å². The van der Waals surface area contributed by atoms with Gasteiger partial charge in [0.25, 0.3) is 5.95 Å². The minimum absolute atomic E-state index is 0.219. The first-order valence-corrected chi connectivity index (χ1v) is 5.98. The average molecular weight is 245 g/mol. The van der Waals surface area contributed by atoms with E-state index in [1.807, 2.05) is 13.1 Å². The van der Waals surface area contributed by atoms with Crippen molar-refractivity contribution >= 4 is 11.9 Å². The second-order valence-corrected chi connectivity index (χ2v) is 4.44. The molecule has 1 fully saturated rings.